The molecule has 2 rings (SSSR count). The Balaban J connectivity index is 1.88. The first-order chi connectivity index (χ1) is 8.31. The second-order valence-electron chi connectivity index (χ2n) is 4.26. The van der Waals surface area contributed by atoms with Gasteiger partial charge in [0.1, 0.15) is 0 Å². The number of ether oxygens (including phenoxy) is 1. The number of carbonyl (C=O) groups excluding carboxylic acids is 1. The molecule has 1 N–H and O–H groups in total. The molecule has 94 valence electrons. The first-order valence-corrected chi connectivity index (χ1v) is 6.30. The summed E-state index contributed by atoms with van der Waals surface area (Å²) in [6.07, 6.45) is 4.27. The Hall–Kier alpha value is -1.52. The second kappa shape index (κ2) is 5.70. The average Bonchev–Trinajstić information content (AvgIpc) is 2.78. The van der Waals surface area contributed by atoms with Gasteiger partial charge in [0, 0.05) is 25.6 Å². The summed E-state index contributed by atoms with van der Waals surface area (Å²) in [5, 5.41) is 7.10. The number of rotatable bonds is 5. The molecule has 0 fully saturated rings. The Morgan fingerprint density at radius 1 is 1.59 bits per heavy atom. The fourth-order valence-electron chi connectivity index (χ4n) is 1.85. The number of hydrogen-bond acceptors (Lipinski definition) is 3. The maximum Gasteiger partial charge on any atom is 0.271 e. The van der Waals surface area contributed by atoms with Gasteiger partial charge in [-0.05, 0) is 6.42 Å². The lowest BCUT2D eigenvalue weighted by Crippen LogP contribution is -2.25. The zero-order valence-corrected chi connectivity index (χ0v) is 10.2. The Kier molecular flexibility index (Phi) is 4.01. The molecule has 0 saturated heterocycles. The van der Waals surface area contributed by atoms with Crippen LogP contribution in [0.3, 0.4) is 0 Å². The molecule has 1 aliphatic heterocycles. The third-order valence-electron chi connectivity index (χ3n) is 2.81. The zero-order chi connectivity index (χ0) is 12.1. The maximum atomic E-state index is 11.8. The molecule has 0 atom stereocenters. The summed E-state index contributed by atoms with van der Waals surface area (Å²) in [7, 11) is 0. The van der Waals surface area contributed by atoms with Crippen LogP contribution in [0.1, 0.15) is 43.1 Å². The van der Waals surface area contributed by atoms with Gasteiger partial charge in [-0.15, -0.1) is 0 Å². The summed E-state index contributed by atoms with van der Waals surface area (Å²) < 4.78 is 7.17. The van der Waals surface area contributed by atoms with Crippen LogP contribution in [-0.2, 0) is 6.54 Å². The molecule has 1 aromatic heterocycles. The lowest BCUT2D eigenvalue weighted by molar-refractivity contribution is 0.0947. The summed E-state index contributed by atoms with van der Waals surface area (Å²) in [5.41, 5.74) is 0.457. The van der Waals surface area contributed by atoms with E-state index in [-0.39, 0.29) is 5.91 Å². The van der Waals surface area contributed by atoms with Crippen molar-refractivity contribution in [2.75, 3.05) is 13.2 Å². The summed E-state index contributed by atoms with van der Waals surface area (Å²) in [6, 6.07) is 1.72. The lowest BCUT2D eigenvalue weighted by Gasteiger charge is -2.13. The molecule has 0 aliphatic carbocycles. The molecule has 1 aliphatic rings. The van der Waals surface area contributed by atoms with Crippen LogP contribution in [-0.4, -0.2) is 28.8 Å². The van der Waals surface area contributed by atoms with Gasteiger partial charge in [-0.3, -0.25) is 4.79 Å². The van der Waals surface area contributed by atoms with Crippen LogP contribution in [0.15, 0.2) is 6.07 Å². The summed E-state index contributed by atoms with van der Waals surface area (Å²) in [4.78, 5) is 11.8. The minimum atomic E-state index is -0.105. The molecule has 1 amide bonds. The molecule has 5 heteroatoms. The van der Waals surface area contributed by atoms with Gasteiger partial charge in [0.25, 0.3) is 5.91 Å². The third-order valence-corrected chi connectivity index (χ3v) is 2.81. The van der Waals surface area contributed by atoms with Crippen molar-refractivity contribution in [2.45, 2.75) is 39.2 Å². The van der Waals surface area contributed by atoms with E-state index >= 15 is 0 Å². The molecule has 1 aromatic rings. The van der Waals surface area contributed by atoms with Gasteiger partial charge < -0.3 is 10.1 Å². The molecule has 0 radical (unpaired) electrons. The topological polar surface area (TPSA) is 56.2 Å². The van der Waals surface area contributed by atoms with Crippen molar-refractivity contribution >= 4 is 5.91 Å². The van der Waals surface area contributed by atoms with Crippen molar-refractivity contribution in [3.63, 3.8) is 0 Å². The monoisotopic (exact) mass is 237 g/mol. The molecule has 0 unspecified atom stereocenters. The summed E-state index contributed by atoms with van der Waals surface area (Å²) in [5.74, 6) is 0.599. The van der Waals surface area contributed by atoms with Crippen LogP contribution in [0, 0.1) is 0 Å². The minimum Gasteiger partial charge on any atom is -0.478 e. The molecule has 0 bridgehead atoms. The van der Waals surface area contributed by atoms with E-state index in [2.05, 4.69) is 17.3 Å². The number of fused-ring (bicyclic) bond motifs is 1. The largest absolute Gasteiger partial charge is 0.478 e. The number of carbonyl (C=O) groups is 1. The van der Waals surface area contributed by atoms with E-state index in [1.165, 1.54) is 0 Å². The quantitative estimate of drug-likeness (QED) is 0.791. The number of unbranched alkanes of at least 4 members (excludes halogenated alkanes) is 2. The smallest absolute Gasteiger partial charge is 0.271 e. The Labute approximate surface area is 101 Å². The van der Waals surface area contributed by atoms with E-state index < -0.39 is 0 Å². The molecule has 0 aromatic carbocycles. The maximum absolute atomic E-state index is 11.8. The van der Waals surface area contributed by atoms with Gasteiger partial charge in [0.15, 0.2) is 5.69 Å². The standard InChI is InChI=1S/C12H19N3O2/c1-2-3-4-6-13-12(16)10-9-11-15(14-10)7-5-8-17-11/h9H,2-8H2,1H3,(H,13,16). The Bertz CT molecular complexity index is 364. The molecule has 2 heterocycles. The number of hydrogen-bond donors (Lipinski definition) is 1. The van der Waals surface area contributed by atoms with E-state index in [1.807, 2.05) is 0 Å². The summed E-state index contributed by atoms with van der Waals surface area (Å²) >= 11 is 0. The van der Waals surface area contributed by atoms with Gasteiger partial charge in [-0.2, -0.15) is 5.10 Å². The zero-order valence-electron chi connectivity index (χ0n) is 10.2. The van der Waals surface area contributed by atoms with Crippen molar-refractivity contribution < 1.29 is 9.53 Å². The van der Waals surface area contributed by atoms with Crippen LogP contribution >= 0.6 is 0 Å². The van der Waals surface area contributed by atoms with E-state index in [4.69, 9.17) is 4.74 Å². The summed E-state index contributed by atoms with van der Waals surface area (Å²) in [6.45, 7) is 4.40. The van der Waals surface area contributed by atoms with Gasteiger partial charge in [-0.25, -0.2) is 4.68 Å². The van der Waals surface area contributed by atoms with E-state index in [0.717, 1.165) is 38.8 Å². The van der Waals surface area contributed by atoms with E-state index in [1.54, 1.807) is 10.7 Å². The number of nitrogens with zero attached hydrogens (tertiary/aromatic N) is 2. The highest BCUT2D eigenvalue weighted by Gasteiger charge is 2.17. The molecule has 17 heavy (non-hydrogen) atoms. The first kappa shape index (κ1) is 12.0. The van der Waals surface area contributed by atoms with Crippen molar-refractivity contribution in [3.8, 4) is 5.88 Å². The van der Waals surface area contributed by atoms with Crippen LogP contribution in [0.4, 0.5) is 0 Å². The third kappa shape index (κ3) is 2.99. The molecule has 0 spiro atoms. The first-order valence-electron chi connectivity index (χ1n) is 6.30. The second-order valence-corrected chi connectivity index (χ2v) is 4.26. The predicted octanol–water partition coefficient (Wildman–Crippen LogP) is 1.59. The van der Waals surface area contributed by atoms with Crippen LogP contribution in [0.25, 0.3) is 0 Å². The van der Waals surface area contributed by atoms with Gasteiger partial charge in [0.2, 0.25) is 5.88 Å². The van der Waals surface area contributed by atoms with Crippen LogP contribution in [0.2, 0.25) is 0 Å². The van der Waals surface area contributed by atoms with Crippen molar-refractivity contribution in [1.82, 2.24) is 15.1 Å². The Morgan fingerprint density at radius 2 is 2.47 bits per heavy atom. The lowest BCUT2D eigenvalue weighted by atomic mass is 10.2. The number of amides is 1. The average molecular weight is 237 g/mol. The van der Waals surface area contributed by atoms with E-state index in [9.17, 15) is 4.79 Å². The van der Waals surface area contributed by atoms with Crippen molar-refractivity contribution in [3.05, 3.63) is 11.8 Å². The molecular weight excluding hydrogens is 218 g/mol. The highest BCUT2D eigenvalue weighted by Crippen LogP contribution is 2.18. The van der Waals surface area contributed by atoms with Gasteiger partial charge in [-0.1, -0.05) is 19.8 Å². The number of aryl methyl sites for hydroxylation is 1. The van der Waals surface area contributed by atoms with E-state index in [0.29, 0.717) is 18.2 Å². The molecule has 0 saturated carbocycles. The minimum absolute atomic E-state index is 0.105. The fraction of sp³-hybridized carbons (Fsp3) is 0.667. The van der Waals surface area contributed by atoms with Gasteiger partial charge in [0.05, 0.1) is 6.61 Å². The SMILES string of the molecule is CCCCCNC(=O)c1cc2n(n1)CCCO2. The number of nitrogens with one attached hydrogen (secondary N) is 1. The fourth-order valence-corrected chi connectivity index (χ4v) is 1.85. The normalized spacial score (nSPS) is 13.9. The predicted molar refractivity (Wildman–Crippen MR) is 64.2 cm³/mol. The van der Waals surface area contributed by atoms with Gasteiger partial charge >= 0.3 is 0 Å². The highest BCUT2D eigenvalue weighted by atomic mass is 16.5. The van der Waals surface area contributed by atoms with Crippen LogP contribution in [0.5, 0.6) is 5.88 Å². The van der Waals surface area contributed by atoms with Crippen LogP contribution < -0.4 is 10.1 Å². The Morgan fingerprint density at radius 3 is 3.24 bits per heavy atom. The molecule has 5 nitrogen and oxygen atoms in total. The number of aromatic nitrogens is 2. The van der Waals surface area contributed by atoms with Crippen molar-refractivity contribution in [2.24, 2.45) is 0 Å². The van der Waals surface area contributed by atoms with Crippen molar-refractivity contribution in [1.29, 1.82) is 0 Å². The molecular formula is C12H19N3O2. The highest BCUT2D eigenvalue weighted by molar-refractivity contribution is 5.92.